The molecule has 0 N–H and O–H groups in total. The fourth-order valence-corrected chi connectivity index (χ4v) is 5.87. The predicted molar refractivity (Wildman–Crippen MR) is 130 cm³/mol. The second kappa shape index (κ2) is 7.13. The van der Waals surface area contributed by atoms with Crippen molar-refractivity contribution in [2.75, 3.05) is 11.2 Å². The van der Waals surface area contributed by atoms with Crippen molar-refractivity contribution in [2.45, 2.75) is 36.6 Å². The fourth-order valence-electron chi connectivity index (χ4n) is 4.96. The lowest BCUT2D eigenvalue weighted by atomic mass is 9.99. The Kier molecular flexibility index (Phi) is 4.47. The van der Waals surface area contributed by atoms with E-state index in [-0.39, 0.29) is 17.3 Å². The number of benzene rings is 2. The van der Waals surface area contributed by atoms with E-state index < -0.39 is 15.3 Å². The first kappa shape index (κ1) is 21.3. The quantitative estimate of drug-likeness (QED) is 0.422. The van der Waals surface area contributed by atoms with Gasteiger partial charge in [0.05, 0.1) is 39.8 Å². The molecule has 0 bridgehead atoms. The van der Waals surface area contributed by atoms with Crippen molar-refractivity contribution in [2.24, 2.45) is 0 Å². The number of nitrogens with zero attached hydrogens (tertiary/aromatic N) is 4. The molecule has 2 aromatic carbocycles. The van der Waals surface area contributed by atoms with Crippen LogP contribution in [0.5, 0.6) is 0 Å². The largest absolute Gasteiger partial charge is 0.302 e. The molecule has 0 radical (unpaired) electrons. The van der Waals surface area contributed by atoms with Crippen molar-refractivity contribution in [3.63, 3.8) is 0 Å². The molecular weight excluding hydrogens is 472 g/mol. The van der Waals surface area contributed by atoms with E-state index >= 15 is 0 Å². The lowest BCUT2D eigenvalue weighted by Crippen LogP contribution is -2.32. The van der Waals surface area contributed by atoms with Crippen LogP contribution in [0.2, 0.25) is 5.02 Å². The van der Waals surface area contributed by atoms with Gasteiger partial charge in [-0.1, -0.05) is 11.6 Å². The van der Waals surface area contributed by atoms with E-state index in [1.54, 1.807) is 41.6 Å². The number of imidazole rings is 1. The molecule has 9 heteroatoms. The average molecular weight is 493 g/mol. The average Bonchev–Trinajstić information content (AvgIpc) is 3.47. The molecule has 3 heterocycles. The first-order valence-corrected chi connectivity index (χ1v) is 13.2. The summed E-state index contributed by atoms with van der Waals surface area (Å²) < 4.78 is 26.6. The fraction of sp³-hybridized carbons (Fsp3) is 0.240. The molecule has 0 saturated heterocycles. The van der Waals surface area contributed by atoms with Gasteiger partial charge < -0.3 is 4.90 Å². The number of carbonyl (C=O) groups is 1. The van der Waals surface area contributed by atoms with Crippen LogP contribution in [0.15, 0.2) is 59.8 Å². The molecule has 1 aliphatic heterocycles. The molecule has 2 aromatic heterocycles. The van der Waals surface area contributed by atoms with Crippen LogP contribution in [0.25, 0.3) is 16.7 Å². The lowest BCUT2D eigenvalue weighted by Gasteiger charge is -2.19. The van der Waals surface area contributed by atoms with E-state index in [1.165, 1.54) is 6.26 Å². The highest BCUT2D eigenvalue weighted by molar-refractivity contribution is 7.90. The topological polar surface area (TPSA) is 85.2 Å². The number of rotatable bonds is 4. The van der Waals surface area contributed by atoms with E-state index in [1.807, 2.05) is 29.7 Å². The number of hydrogen-bond acceptors (Lipinski definition) is 5. The SMILES string of the molecule is Cc1cc(-n2c(CN3C(=O)C4(CC4)c4ccncc43)nc3cc(Cl)ccc32)cc(S(C)(=O)=O)c1. The van der Waals surface area contributed by atoms with E-state index in [0.29, 0.717) is 22.1 Å². The summed E-state index contributed by atoms with van der Waals surface area (Å²) in [5.74, 6) is 0.677. The number of halogens is 1. The summed E-state index contributed by atoms with van der Waals surface area (Å²) in [4.78, 5) is 24.5. The Morgan fingerprint density at radius 2 is 1.91 bits per heavy atom. The zero-order valence-corrected chi connectivity index (χ0v) is 20.2. The number of hydrogen-bond donors (Lipinski definition) is 0. The van der Waals surface area contributed by atoms with Crippen molar-refractivity contribution < 1.29 is 13.2 Å². The molecule has 2 aliphatic rings. The first-order chi connectivity index (χ1) is 16.2. The summed E-state index contributed by atoms with van der Waals surface area (Å²) in [5.41, 5.74) is 4.32. The van der Waals surface area contributed by atoms with Crippen LogP contribution < -0.4 is 4.90 Å². The number of fused-ring (bicyclic) bond motifs is 3. The van der Waals surface area contributed by atoms with Crippen molar-refractivity contribution in [3.05, 3.63) is 76.8 Å². The van der Waals surface area contributed by atoms with Crippen LogP contribution >= 0.6 is 11.6 Å². The van der Waals surface area contributed by atoms with Gasteiger partial charge in [0.2, 0.25) is 5.91 Å². The number of sulfone groups is 1. The lowest BCUT2D eigenvalue weighted by molar-refractivity contribution is -0.120. The number of anilines is 1. The van der Waals surface area contributed by atoms with E-state index in [9.17, 15) is 13.2 Å². The highest BCUT2D eigenvalue weighted by atomic mass is 35.5. The van der Waals surface area contributed by atoms with Crippen molar-refractivity contribution in [1.29, 1.82) is 0 Å². The van der Waals surface area contributed by atoms with Gasteiger partial charge in [0.1, 0.15) is 5.82 Å². The maximum absolute atomic E-state index is 13.5. The molecule has 172 valence electrons. The second-order valence-electron chi connectivity index (χ2n) is 9.14. The Labute approximate surface area is 201 Å². The minimum Gasteiger partial charge on any atom is -0.302 e. The zero-order valence-electron chi connectivity index (χ0n) is 18.6. The summed E-state index contributed by atoms with van der Waals surface area (Å²) in [6.07, 6.45) is 6.33. The smallest absolute Gasteiger partial charge is 0.238 e. The van der Waals surface area contributed by atoms with Gasteiger partial charge >= 0.3 is 0 Å². The monoisotopic (exact) mass is 492 g/mol. The third-order valence-electron chi connectivity index (χ3n) is 6.72. The molecule has 1 amide bonds. The molecule has 0 atom stereocenters. The predicted octanol–water partition coefficient (Wildman–Crippen LogP) is 4.36. The Bertz CT molecular complexity index is 1620. The Morgan fingerprint density at radius 1 is 1.12 bits per heavy atom. The Balaban J connectivity index is 1.54. The summed E-state index contributed by atoms with van der Waals surface area (Å²) in [7, 11) is -3.42. The zero-order chi connectivity index (χ0) is 23.8. The molecule has 34 heavy (non-hydrogen) atoms. The first-order valence-electron chi connectivity index (χ1n) is 10.9. The van der Waals surface area contributed by atoms with Crippen LogP contribution in [0, 0.1) is 6.92 Å². The van der Waals surface area contributed by atoms with Crippen molar-refractivity contribution >= 4 is 44.1 Å². The summed E-state index contributed by atoms with van der Waals surface area (Å²) >= 11 is 6.24. The number of aryl methyl sites for hydroxylation is 1. The molecule has 4 aromatic rings. The van der Waals surface area contributed by atoms with Crippen molar-refractivity contribution in [3.8, 4) is 5.69 Å². The highest BCUT2D eigenvalue weighted by Crippen LogP contribution is 2.57. The minimum atomic E-state index is -3.42. The van der Waals surface area contributed by atoms with E-state index in [2.05, 4.69) is 4.98 Å². The van der Waals surface area contributed by atoms with Gasteiger partial charge in [0.15, 0.2) is 9.84 Å². The molecule has 1 fully saturated rings. The van der Waals surface area contributed by atoms with Crippen LogP contribution in [-0.4, -0.2) is 35.1 Å². The molecular formula is C25H21ClN4O3S. The van der Waals surface area contributed by atoms with Crippen LogP contribution in [0.3, 0.4) is 0 Å². The van der Waals surface area contributed by atoms with E-state index in [4.69, 9.17) is 16.6 Å². The van der Waals surface area contributed by atoms with E-state index in [0.717, 1.165) is 35.2 Å². The van der Waals surface area contributed by atoms with Gasteiger partial charge in [-0.15, -0.1) is 0 Å². The molecule has 6 rings (SSSR count). The maximum atomic E-state index is 13.5. The summed E-state index contributed by atoms with van der Waals surface area (Å²) in [6, 6.07) is 12.6. The number of pyridine rings is 1. The summed E-state index contributed by atoms with van der Waals surface area (Å²) in [5, 5.41) is 0.550. The van der Waals surface area contributed by atoms with Gasteiger partial charge in [-0.2, -0.15) is 0 Å². The van der Waals surface area contributed by atoms with Gasteiger partial charge in [0.25, 0.3) is 0 Å². The number of amides is 1. The minimum absolute atomic E-state index is 0.0632. The van der Waals surface area contributed by atoms with Gasteiger partial charge in [0, 0.05) is 23.2 Å². The third-order valence-corrected chi connectivity index (χ3v) is 8.05. The van der Waals surface area contributed by atoms with Crippen LogP contribution in [0.1, 0.15) is 29.8 Å². The molecule has 7 nitrogen and oxygen atoms in total. The molecule has 1 spiro atoms. The van der Waals surface area contributed by atoms with Crippen LogP contribution in [0.4, 0.5) is 5.69 Å². The van der Waals surface area contributed by atoms with Crippen LogP contribution in [-0.2, 0) is 26.6 Å². The third kappa shape index (κ3) is 3.16. The number of aromatic nitrogens is 3. The normalized spacial score (nSPS) is 16.4. The standard InChI is InChI=1S/C25H21ClN4O3S/c1-15-9-17(12-18(10-15)34(2,32)33)30-21-4-3-16(26)11-20(21)28-23(30)14-29-22-13-27-8-5-19(22)25(6-7-25)24(29)31/h3-5,8-13H,6-7,14H2,1-2H3. The Morgan fingerprint density at radius 3 is 2.65 bits per heavy atom. The molecule has 0 unspecified atom stereocenters. The molecule has 1 aliphatic carbocycles. The van der Waals surface area contributed by atoms with Crippen molar-refractivity contribution in [1.82, 2.24) is 14.5 Å². The summed E-state index contributed by atoms with van der Waals surface area (Å²) in [6.45, 7) is 2.09. The molecule has 1 saturated carbocycles. The Hall–Kier alpha value is -3.23. The number of carbonyl (C=O) groups excluding carboxylic acids is 1. The maximum Gasteiger partial charge on any atom is 0.238 e. The van der Waals surface area contributed by atoms with Gasteiger partial charge in [-0.3, -0.25) is 14.3 Å². The highest BCUT2D eigenvalue weighted by Gasteiger charge is 2.59. The van der Waals surface area contributed by atoms with Gasteiger partial charge in [-0.25, -0.2) is 13.4 Å². The second-order valence-corrected chi connectivity index (χ2v) is 11.6. The van der Waals surface area contributed by atoms with Gasteiger partial charge in [-0.05, 0) is 73.4 Å².